The molecular formula is C50H90N2O14. The summed E-state index contributed by atoms with van der Waals surface area (Å²) in [5.74, 6) is -4.87. The number of rotatable bonds is 19. The number of Topliss-reactive ketones (excluding diaryl/α,β-unsaturated/α-hetero) is 1. The van der Waals surface area contributed by atoms with Gasteiger partial charge >= 0.3 is 5.97 Å². The normalized spacial score (nSPS) is 43.2. The lowest BCUT2D eigenvalue weighted by Crippen LogP contribution is -2.70. The lowest BCUT2D eigenvalue weighted by molar-refractivity contribution is -0.341. The van der Waals surface area contributed by atoms with Crippen LogP contribution in [0.15, 0.2) is 4.99 Å². The minimum absolute atomic E-state index is 0.00398. The minimum Gasteiger partial charge on any atom is -0.457 e. The molecule has 0 bridgehead atoms. The number of hydrogen-bond acceptors (Lipinski definition) is 16. The van der Waals surface area contributed by atoms with Crippen molar-refractivity contribution in [1.82, 2.24) is 4.90 Å². The van der Waals surface area contributed by atoms with Gasteiger partial charge in [0, 0.05) is 37.3 Å². The van der Waals surface area contributed by atoms with Gasteiger partial charge in [-0.3, -0.25) is 4.79 Å². The molecule has 3 fully saturated rings. The van der Waals surface area contributed by atoms with Crippen LogP contribution in [0.4, 0.5) is 0 Å². The second-order valence-corrected chi connectivity index (χ2v) is 21.2. The fourth-order valence-electron chi connectivity index (χ4n) is 11.1. The van der Waals surface area contributed by atoms with Crippen molar-refractivity contribution in [1.29, 1.82) is 0 Å². The van der Waals surface area contributed by atoms with Gasteiger partial charge in [0.05, 0.1) is 35.6 Å². The molecule has 18 atom stereocenters. The molecule has 2 unspecified atom stereocenters. The van der Waals surface area contributed by atoms with E-state index in [0.717, 1.165) is 25.7 Å². The highest BCUT2D eigenvalue weighted by Gasteiger charge is 2.65. The third-order valence-corrected chi connectivity index (χ3v) is 15.6. The lowest BCUT2D eigenvalue weighted by Gasteiger charge is -2.55. The van der Waals surface area contributed by atoms with E-state index in [2.05, 4.69) is 11.9 Å². The number of likely N-dealkylation sites (N-methyl/N-ethyl adjacent to an activating group) is 1. The molecule has 3 heterocycles. The van der Waals surface area contributed by atoms with Crippen molar-refractivity contribution in [3.63, 3.8) is 0 Å². The first-order valence-corrected chi connectivity index (χ1v) is 24.9. The number of hydrogen-bond donors (Lipinski definition) is 5. The molecule has 0 aromatic rings. The number of aliphatic hydroxyl groups is 5. The number of aliphatic imine (C=N–C) groups is 1. The molecule has 3 rings (SSSR count). The Morgan fingerprint density at radius 2 is 1.41 bits per heavy atom. The van der Waals surface area contributed by atoms with Crippen molar-refractivity contribution in [3.8, 4) is 0 Å². The topological polar surface area (TPSA) is 223 Å². The van der Waals surface area contributed by atoms with Gasteiger partial charge in [0.2, 0.25) is 6.08 Å². The maximum atomic E-state index is 15.4. The first-order chi connectivity index (χ1) is 30.7. The molecule has 384 valence electrons. The highest BCUT2D eigenvalue weighted by Crippen LogP contribution is 2.50. The fourth-order valence-corrected chi connectivity index (χ4v) is 11.1. The third kappa shape index (κ3) is 13.3. The summed E-state index contributed by atoms with van der Waals surface area (Å²) in [4.78, 5) is 48.7. The third-order valence-electron chi connectivity index (χ3n) is 15.6. The van der Waals surface area contributed by atoms with Gasteiger partial charge in [-0.1, -0.05) is 98.8 Å². The van der Waals surface area contributed by atoms with Crippen LogP contribution in [-0.4, -0.2) is 159 Å². The molecule has 16 nitrogen and oxygen atoms in total. The van der Waals surface area contributed by atoms with E-state index < -0.39 is 119 Å². The molecule has 3 aliphatic rings. The summed E-state index contributed by atoms with van der Waals surface area (Å²) < 4.78 is 39.0. The standard InChI is InChI=1S/C50H90N2O14/c1-15-17-18-19-20-21-22-23-24-25-26-50(66-38-29-47(9,61-14)42(57)35(7)63-38)34(6)43(65-44-40(55)36(52(12)13)27-32(4)62-44)46(8,59)28-31(3)39(54)33(5)41(56)48(10,60)37(16-2)64-45(58)49(50,11)51-30-53/h31-38,40-44,55-57,59-60H,15-29H2,1-14H3/t31-,32+,33+,34-,35+,36-,37-,38?,40+,41-,42+,43-,44?,46-,47-,48-,49-,50+/m1/s1. The number of methoxy groups -OCH3 is 1. The smallest absolute Gasteiger partial charge is 0.338 e. The van der Waals surface area contributed by atoms with Gasteiger partial charge in [-0.2, -0.15) is 4.99 Å². The van der Waals surface area contributed by atoms with E-state index in [-0.39, 0.29) is 25.7 Å². The predicted molar refractivity (Wildman–Crippen MR) is 249 cm³/mol. The number of cyclic esters (lactones) is 1. The van der Waals surface area contributed by atoms with E-state index in [1.165, 1.54) is 60.5 Å². The Balaban J connectivity index is 2.43. The molecule has 0 saturated carbocycles. The molecule has 0 amide bonds. The van der Waals surface area contributed by atoms with Crippen LogP contribution in [0.3, 0.4) is 0 Å². The molecular weight excluding hydrogens is 853 g/mol. The molecule has 0 aromatic heterocycles. The first kappa shape index (κ1) is 58.4. The zero-order chi connectivity index (χ0) is 50.0. The van der Waals surface area contributed by atoms with Crippen molar-refractivity contribution >= 4 is 17.8 Å². The number of nitrogens with zero attached hydrogens (tertiary/aromatic N) is 2. The molecule has 3 aliphatic heterocycles. The first-order valence-electron chi connectivity index (χ1n) is 24.9. The number of carbonyl (C=O) groups is 2. The van der Waals surface area contributed by atoms with Gasteiger partial charge < -0.3 is 58.9 Å². The monoisotopic (exact) mass is 943 g/mol. The van der Waals surface area contributed by atoms with E-state index in [1.807, 2.05) is 25.9 Å². The van der Waals surface area contributed by atoms with Crippen LogP contribution >= 0.6 is 0 Å². The van der Waals surface area contributed by atoms with Crippen molar-refractivity contribution in [2.75, 3.05) is 21.2 Å². The quantitative estimate of drug-likeness (QED) is 0.0439. The molecule has 0 spiro atoms. The van der Waals surface area contributed by atoms with E-state index in [4.69, 9.17) is 28.4 Å². The number of esters is 1. The Kier molecular flexibility index (Phi) is 21.9. The van der Waals surface area contributed by atoms with Crippen LogP contribution in [-0.2, 0) is 42.8 Å². The zero-order valence-corrected chi connectivity index (χ0v) is 42.9. The van der Waals surface area contributed by atoms with E-state index >= 15 is 4.79 Å². The summed E-state index contributed by atoms with van der Waals surface area (Å²) in [6.07, 6.45) is 0.963. The highest BCUT2D eigenvalue weighted by atomic mass is 16.7. The highest BCUT2D eigenvalue weighted by molar-refractivity contribution is 5.85. The van der Waals surface area contributed by atoms with Crippen LogP contribution in [0.25, 0.3) is 0 Å². The number of aliphatic hydroxyl groups excluding tert-OH is 3. The van der Waals surface area contributed by atoms with Gasteiger partial charge in [0.1, 0.15) is 35.3 Å². The molecule has 3 saturated heterocycles. The van der Waals surface area contributed by atoms with Gasteiger partial charge in [-0.25, -0.2) is 9.59 Å². The van der Waals surface area contributed by atoms with Crippen LogP contribution < -0.4 is 0 Å². The van der Waals surface area contributed by atoms with Gasteiger partial charge in [-0.05, 0) is 81.3 Å². The van der Waals surface area contributed by atoms with Crippen LogP contribution in [0.5, 0.6) is 0 Å². The molecule has 5 N–H and O–H groups in total. The predicted octanol–water partition coefficient (Wildman–Crippen LogP) is 5.93. The van der Waals surface area contributed by atoms with Gasteiger partial charge in [-0.15, -0.1) is 0 Å². The average Bonchev–Trinajstić information content (AvgIpc) is 3.25. The Labute approximate surface area is 395 Å². The molecule has 66 heavy (non-hydrogen) atoms. The van der Waals surface area contributed by atoms with E-state index in [9.17, 15) is 35.1 Å². The summed E-state index contributed by atoms with van der Waals surface area (Å²) in [5, 5.41) is 60.0. The Morgan fingerprint density at radius 1 is 0.833 bits per heavy atom. The summed E-state index contributed by atoms with van der Waals surface area (Å²) >= 11 is 0. The van der Waals surface area contributed by atoms with Crippen LogP contribution in [0.1, 0.15) is 172 Å². The van der Waals surface area contributed by atoms with E-state index in [0.29, 0.717) is 19.3 Å². The Bertz CT molecular complexity index is 1570. The minimum atomic E-state index is -2.34. The maximum absolute atomic E-state index is 15.4. The zero-order valence-electron chi connectivity index (χ0n) is 42.9. The summed E-state index contributed by atoms with van der Waals surface area (Å²) in [5.41, 5.74) is -9.73. The Morgan fingerprint density at radius 3 is 1.94 bits per heavy atom. The fraction of sp³-hybridized carbons (Fsp3) is 0.940. The molecule has 0 aliphatic carbocycles. The molecule has 0 radical (unpaired) electrons. The van der Waals surface area contributed by atoms with Crippen molar-refractivity contribution in [2.45, 2.75) is 262 Å². The SMILES string of the molecule is CCCCCCCCCCCC[C@]1(OC2C[C@@](C)(OC)[C@@H](O)[C@H](C)O2)[C@H](C)[C@@H](OC2O[C@@H](C)C[C@@H](N(C)C)[C@@H]2O)[C@](C)(O)C[C@@H](C)C(=O)[C@H](C)[C@@H](O)[C@](C)(O)[C@@H](CC)OC(=O)[C@@]1(C)N=C=O. The number of ether oxygens (including phenoxy) is 6. The number of unbranched alkanes of at least 4 members (excludes halogenated alkanes) is 9. The van der Waals surface area contributed by atoms with Crippen molar-refractivity contribution in [3.05, 3.63) is 0 Å². The summed E-state index contributed by atoms with van der Waals surface area (Å²) in [6, 6.07) is -0.415. The summed E-state index contributed by atoms with van der Waals surface area (Å²) in [7, 11) is 5.14. The van der Waals surface area contributed by atoms with E-state index in [1.54, 1.807) is 40.7 Å². The second kappa shape index (κ2) is 24.8. The van der Waals surface area contributed by atoms with Crippen LogP contribution in [0.2, 0.25) is 0 Å². The van der Waals surface area contributed by atoms with Crippen molar-refractivity contribution < 1.29 is 68.3 Å². The van der Waals surface area contributed by atoms with Gasteiger partial charge in [0.25, 0.3) is 0 Å². The molecule has 0 aromatic carbocycles. The Hall–Kier alpha value is -1.92. The number of carbonyl (C=O) groups excluding carboxylic acids is 3. The number of ketones is 1. The molecule has 16 heteroatoms. The lowest BCUT2D eigenvalue weighted by atomic mass is 9.64. The second-order valence-electron chi connectivity index (χ2n) is 21.2. The summed E-state index contributed by atoms with van der Waals surface area (Å²) in [6.45, 7) is 18.1. The largest absolute Gasteiger partial charge is 0.457 e. The van der Waals surface area contributed by atoms with Crippen LogP contribution in [0, 0.1) is 17.8 Å². The maximum Gasteiger partial charge on any atom is 0.338 e. The average molecular weight is 943 g/mol. The van der Waals surface area contributed by atoms with Gasteiger partial charge in [0.15, 0.2) is 18.1 Å². The van der Waals surface area contributed by atoms with Crippen molar-refractivity contribution in [2.24, 2.45) is 22.7 Å². The number of isocyanates is 1.